The topological polar surface area (TPSA) is 167 Å². The van der Waals surface area contributed by atoms with Crippen LogP contribution < -0.4 is 0 Å². The Balaban J connectivity index is -0.000000213. The largest absolute Gasteiger partial charge is 0.469 e. The van der Waals surface area contributed by atoms with Crippen LogP contribution in [0.2, 0.25) is 19.6 Å². The molecule has 0 bridgehead atoms. The van der Waals surface area contributed by atoms with Crippen molar-refractivity contribution in [2.45, 2.75) is 153 Å². The number of carbonyl (C=O) groups is 4. The number of rotatable bonds is 29. The van der Waals surface area contributed by atoms with Crippen molar-refractivity contribution in [1.82, 2.24) is 0 Å². The zero-order valence-electron chi connectivity index (χ0n) is 49.6. The minimum absolute atomic E-state index is 0.0962. The molecule has 0 N–H and O–H groups in total. The van der Waals surface area contributed by atoms with Gasteiger partial charge in [0.05, 0.1) is 60.1 Å². The summed E-state index contributed by atoms with van der Waals surface area (Å²) < 4.78 is 57.9. The summed E-state index contributed by atoms with van der Waals surface area (Å²) in [5, 5.41) is 0. The fourth-order valence-corrected chi connectivity index (χ4v) is 9.17. The van der Waals surface area contributed by atoms with E-state index in [1.165, 1.54) is 21.3 Å². The molecule has 0 aromatic carbocycles. The van der Waals surface area contributed by atoms with Crippen LogP contribution >= 0.6 is 68.4 Å². The third-order valence-corrected chi connectivity index (χ3v) is 14.4. The lowest BCUT2D eigenvalue weighted by atomic mass is 10.0. The molecular weight excluding hydrogens is 1340 g/mol. The summed E-state index contributed by atoms with van der Waals surface area (Å²) in [5.74, 6) is 21.1. The van der Waals surface area contributed by atoms with E-state index in [0.29, 0.717) is 64.2 Å². The van der Waals surface area contributed by atoms with Gasteiger partial charge in [-0.25, -0.2) is 0 Å². The minimum Gasteiger partial charge on any atom is -0.469 e. The van der Waals surface area contributed by atoms with E-state index in [0.717, 1.165) is 51.2 Å². The van der Waals surface area contributed by atoms with E-state index in [4.69, 9.17) is 30.9 Å². The van der Waals surface area contributed by atoms with Crippen LogP contribution in [-0.2, 0) is 60.6 Å². The Morgan fingerprint density at radius 1 is 0.615 bits per heavy atom. The molecule has 0 aromatic rings. The first-order valence-corrected chi connectivity index (χ1v) is 40.3. The molecule has 0 aliphatic carbocycles. The van der Waals surface area contributed by atoms with Crippen molar-refractivity contribution in [2.24, 2.45) is 29.6 Å². The molecule has 78 heavy (non-hydrogen) atoms. The summed E-state index contributed by atoms with van der Waals surface area (Å²) in [7, 11) is -2.89. The third-order valence-electron chi connectivity index (χ3n) is 9.22. The fourth-order valence-electron chi connectivity index (χ4n) is 5.19. The van der Waals surface area contributed by atoms with Gasteiger partial charge in [-0.15, -0.1) is 36.2 Å². The van der Waals surface area contributed by atoms with Gasteiger partial charge in [0.25, 0.3) is 0 Å². The maximum atomic E-state index is 12.2. The first kappa shape index (κ1) is 86.6. The molecule has 0 aliphatic rings. The Hall–Kier alpha value is -2.70. The van der Waals surface area contributed by atoms with Gasteiger partial charge in [-0.3, -0.25) is 23.5 Å². The highest BCUT2D eigenvalue weighted by atomic mass is 128. The smallest absolute Gasteiger partial charge is 0.334 e. The summed E-state index contributed by atoms with van der Waals surface area (Å²) in [6, 6.07) is 0. The molecule has 0 aliphatic heterocycles. The molecule has 0 saturated carbocycles. The van der Waals surface area contributed by atoms with Gasteiger partial charge in [-0.05, 0) is 89.3 Å². The Morgan fingerprint density at radius 3 is 1.36 bits per heavy atom. The van der Waals surface area contributed by atoms with Crippen molar-refractivity contribution in [3.63, 3.8) is 0 Å². The van der Waals surface area contributed by atoms with Gasteiger partial charge < -0.3 is 37.1 Å². The highest BCUT2D eigenvalue weighted by Crippen LogP contribution is 2.48. The number of carbonyl (C=O) groups excluding carboxylic acids is 4. The number of terminal acetylenes is 2. The average molecular weight is 1440 g/mol. The van der Waals surface area contributed by atoms with E-state index in [1.807, 2.05) is 39.0 Å². The van der Waals surface area contributed by atoms with Crippen LogP contribution in [0.25, 0.3) is 0 Å². The maximum absolute atomic E-state index is 12.2. The quantitative estimate of drug-likeness (QED) is 0.0102. The fraction of sp³-hybridized carbons (Fsp3) is 0.627. The normalized spacial score (nSPS) is 12.6. The van der Waals surface area contributed by atoms with Crippen molar-refractivity contribution in [2.75, 3.05) is 60.1 Å². The van der Waals surface area contributed by atoms with Crippen LogP contribution in [0.3, 0.4) is 0 Å². The summed E-state index contributed by atoms with van der Waals surface area (Å²) in [6.45, 7) is 25.3. The van der Waals surface area contributed by atoms with E-state index in [-0.39, 0.29) is 47.7 Å². The van der Waals surface area contributed by atoms with E-state index >= 15 is 0 Å². The van der Waals surface area contributed by atoms with Gasteiger partial charge in [0.15, 0.2) is 0 Å². The molecule has 13 nitrogen and oxygen atoms in total. The van der Waals surface area contributed by atoms with Crippen LogP contribution in [0.15, 0.2) is 47.5 Å². The first-order chi connectivity index (χ1) is 36.9. The molecule has 0 aromatic heterocycles. The molecule has 0 spiro atoms. The predicted octanol–water partition coefficient (Wildman–Crippen LogP) is 16.2. The zero-order chi connectivity index (χ0) is 61.1. The molecule has 19 heteroatoms. The second-order valence-electron chi connectivity index (χ2n) is 17.9. The summed E-state index contributed by atoms with van der Waals surface area (Å²) in [4.78, 5) is 44.4. The molecule has 0 fully saturated rings. The van der Waals surface area contributed by atoms with E-state index in [9.17, 15) is 28.3 Å². The Labute approximate surface area is 506 Å². The number of halogens is 3. The van der Waals surface area contributed by atoms with Gasteiger partial charge in [0, 0.05) is 93.0 Å². The third kappa shape index (κ3) is 69.4. The van der Waals surface area contributed by atoms with Crippen molar-refractivity contribution in [1.29, 1.82) is 0 Å². The molecule has 5 atom stereocenters. The van der Waals surface area contributed by atoms with Gasteiger partial charge in [0.1, 0.15) is 14.4 Å². The van der Waals surface area contributed by atoms with Crippen molar-refractivity contribution in [3.8, 4) is 59.8 Å². The van der Waals surface area contributed by atoms with Crippen molar-refractivity contribution in [3.05, 3.63) is 47.5 Å². The van der Waals surface area contributed by atoms with Crippen molar-refractivity contribution < 1.29 is 60.6 Å². The first-order valence-electron chi connectivity index (χ1n) is 26.1. The van der Waals surface area contributed by atoms with Crippen LogP contribution in [-0.4, -0.2) is 92.3 Å². The van der Waals surface area contributed by atoms with E-state index < -0.39 is 23.3 Å². The molecule has 0 saturated heterocycles. The number of esters is 3. The molecule has 444 valence electrons. The van der Waals surface area contributed by atoms with Crippen LogP contribution in [0.4, 0.5) is 0 Å². The monoisotopic (exact) mass is 1430 g/mol. The SMILES string of the molecule is C#CC[C@@H](C)/C=C/C=C/C#C[C@@H](C)CCCC(=O)OC.C#C[C@@H](C)CCCC(=O)OC.CCOP(=O)(C/C=C/Br)OCC.CCOP(=O)(C/C=C/C#C[C@@H](C)CCCC(=O)OC)OCC.C[C@@H](C=O)CC#C[Si](C)(C)C.II. The Morgan fingerprint density at radius 2 is 1.01 bits per heavy atom. The number of hydrogen-bond acceptors (Lipinski definition) is 13. The highest BCUT2D eigenvalue weighted by molar-refractivity contribution is 15.0. The summed E-state index contributed by atoms with van der Waals surface area (Å²) in [6.07, 6.45) is 32.6. The van der Waals surface area contributed by atoms with Gasteiger partial charge >= 0.3 is 33.1 Å². The number of ether oxygens (including phenoxy) is 3. The van der Waals surface area contributed by atoms with Crippen molar-refractivity contribution >= 4 is 101 Å². The van der Waals surface area contributed by atoms with E-state index in [2.05, 4.69) is 154 Å². The van der Waals surface area contributed by atoms with Gasteiger partial charge in [0.2, 0.25) is 0 Å². The number of methoxy groups -OCH3 is 3. The molecule has 0 heterocycles. The second-order valence-corrected chi connectivity index (χ2v) is 27.4. The minimum atomic E-state index is -3.02. The Bertz CT molecular complexity index is 2040. The lowest BCUT2D eigenvalue weighted by Gasteiger charge is -2.14. The molecular formula is C59H95BrI2O13P2Si. The molecule has 0 rings (SSSR count). The maximum Gasteiger partial charge on any atom is 0.334 e. The zero-order valence-corrected chi connectivity index (χ0v) is 58.3. The standard InChI is InChI=1S/C18H24O2.C16H27O5P.C9H14O2.C9H16OSi.C7H14BrO3P.I2/c1-5-11-16(2)12-8-6-7-9-13-17(3)14-10-15-18(19)20-4;1-5-20-22(18,21-6-2)14-9-7-8-11-15(3)12-10-13-16(17)19-4;1-4-8(2)6-5-7-9(10)11-3;1-9(8-10)6-5-7-11(2,3)4;1-3-10-12(9,11-4-2)7-5-6-8;1-2/h1,6-8,12,16-17H,10-11,14-15H2,2-4H3;7,9,15H,5-6,10,12-14H2,1-4H3;1,8H,5-7H2,2-3H3;8-9H,6H2,1-4H3;5-6H,3-4,7H2,1-2H3;/b7-6+,12-8+;9-7+;;;6-5+;/t16-,17-;15-;8-;9-;;/m1111../s1. The average Bonchev–Trinajstić information content (AvgIpc) is 3.39. The predicted molar refractivity (Wildman–Crippen MR) is 348 cm³/mol. The lowest BCUT2D eigenvalue weighted by molar-refractivity contribution is -0.141. The van der Waals surface area contributed by atoms with Crippen LogP contribution in [0.5, 0.6) is 0 Å². The van der Waals surface area contributed by atoms with E-state index in [1.54, 1.807) is 50.9 Å². The molecule has 0 radical (unpaired) electrons. The summed E-state index contributed by atoms with van der Waals surface area (Å²) in [5.41, 5.74) is 3.22. The van der Waals surface area contributed by atoms with Crippen LogP contribution in [0.1, 0.15) is 133 Å². The van der Waals surface area contributed by atoms with Crippen LogP contribution in [0, 0.1) is 89.4 Å². The van der Waals surface area contributed by atoms with Gasteiger partial charge in [-0.2, -0.15) is 0 Å². The second kappa shape index (κ2) is 61.9. The molecule has 0 unspecified atom stereocenters. The highest BCUT2D eigenvalue weighted by Gasteiger charge is 2.21. The lowest BCUT2D eigenvalue weighted by Crippen LogP contribution is -2.16. The van der Waals surface area contributed by atoms with Gasteiger partial charge in [-0.1, -0.05) is 124 Å². The summed E-state index contributed by atoms with van der Waals surface area (Å²) >= 11 is 7.33. The Kier molecular flexibility index (Phi) is 68.7. The number of hydrogen-bond donors (Lipinski definition) is 0. The number of allylic oxidation sites excluding steroid dienone is 7. The molecule has 0 amide bonds. The number of aldehydes is 1.